The number of carbonyl (C=O) groups excluding carboxylic acids is 1. The molecule has 0 bridgehead atoms. The Hall–Kier alpha value is -2.95. The fourth-order valence-electron chi connectivity index (χ4n) is 4.16. The van der Waals surface area contributed by atoms with Crippen molar-refractivity contribution < 1.29 is 9.32 Å². The van der Waals surface area contributed by atoms with Crippen molar-refractivity contribution in [3.8, 4) is 11.5 Å². The van der Waals surface area contributed by atoms with E-state index in [-0.39, 0.29) is 17.9 Å². The third-order valence-corrected chi connectivity index (χ3v) is 5.46. The molecule has 2 aromatic carbocycles. The molecule has 0 N–H and O–H groups in total. The Balaban J connectivity index is 1.37. The van der Waals surface area contributed by atoms with Crippen molar-refractivity contribution in [2.45, 2.75) is 31.2 Å². The molecule has 3 aromatic rings. The van der Waals surface area contributed by atoms with Crippen molar-refractivity contribution in [1.29, 1.82) is 0 Å². The fourth-order valence-corrected chi connectivity index (χ4v) is 4.16. The molecule has 5 heteroatoms. The van der Waals surface area contributed by atoms with Crippen LogP contribution in [0.4, 0.5) is 0 Å². The van der Waals surface area contributed by atoms with E-state index in [2.05, 4.69) is 34.4 Å². The molecule has 5 rings (SSSR count). The van der Waals surface area contributed by atoms with Crippen LogP contribution in [0.5, 0.6) is 0 Å². The van der Waals surface area contributed by atoms with Crippen LogP contribution in [0.2, 0.25) is 0 Å². The summed E-state index contributed by atoms with van der Waals surface area (Å²) >= 11 is 0. The Bertz CT molecular complexity index is 951. The average molecular weight is 345 g/mol. The number of nitrogens with zero attached hydrogens (tertiary/aromatic N) is 3. The normalized spacial score (nSPS) is 22.0. The van der Waals surface area contributed by atoms with E-state index >= 15 is 0 Å². The van der Waals surface area contributed by atoms with Gasteiger partial charge in [-0.05, 0) is 36.1 Å². The first kappa shape index (κ1) is 15.3. The lowest BCUT2D eigenvalue weighted by molar-refractivity contribution is -0.129. The summed E-state index contributed by atoms with van der Waals surface area (Å²) in [7, 11) is 0. The van der Waals surface area contributed by atoms with Gasteiger partial charge in [0.2, 0.25) is 5.91 Å². The predicted molar refractivity (Wildman–Crippen MR) is 96.3 cm³/mol. The minimum Gasteiger partial charge on any atom is -0.335 e. The first-order valence-corrected chi connectivity index (χ1v) is 9.06. The number of benzene rings is 2. The summed E-state index contributed by atoms with van der Waals surface area (Å²) in [6.45, 7) is 0.658. The van der Waals surface area contributed by atoms with Crippen molar-refractivity contribution >= 4 is 5.91 Å². The number of likely N-dealkylation sites (tertiary alicyclic amines) is 1. The van der Waals surface area contributed by atoms with Gasteiger partial charge < -0.3 is 9.42 Å². The zero-order valence-corrected chi connectivity index (χ0v) is 14.3. The van der Waals surface area contributed by atoms with E-state index in [1.54, 1.807) is 0 Å². The maximum Gasteiger partial charge on any atom is 0.257 e. The van der Waals surface area contributed by atoms with Gasteiger partial charge in [-0.15, -0.1) is 0 Å². The summed E-state index contributed by atoms with van der Waals surface area (Å²) in [5.41, 5.74) is 3.55. The largest absolute Gasteiger partial charge is 0.335 e. The molecular weight excluding hydrogens is 326 g/mol. The summed E-state index contributed by atoms with van der Waals surface area (Å²) in [6.07, 6.45) is 2.49. The summed E-state index contributed by atoms with van der Waals surface area (Å²) in [6, 6.07) is 18.3. The van der Waals surface area contributed by atoms with Crippen LogP contribution in [0.3, 0.4) is 0 Å². The Morgan fingerprint density at radius 3 is 2.73 bits per heavy atom. The molecule has 0 saturated carbocycles. The van der Waals surface area contributed by atoms with Crippen molar-refractivity contribution in [2.75, 3.05) is 6.54 Å². The SMILES string of the molecule is O=C1C[C@H](c2noc(-c3ccccc3)n2)CN1[C@@H]1CCc2ccccc21. The lowest BCUT2D eigenvalue weighted by Gasteiger charge is -2.25. The quantitative estimate of drug-likeness (QED) is 0.725. The molecule has 5 nitrogen and oxygen atoms in total. The van der Waals surface area contributed by atoms with E-state index < -0.39 is 0 Å². The topological polar surface area (TPSA) is 59.2 Å². The minimum absolute atomic E-state index is 0.00326. The molecule has 1 aromatic heterocycles. The average Bonchev–Trinajstić information content (AvgIpc) is 3.40. The smallest absolute Gasteiger partial charge is 0.257 e. The molecule has 0 spiro atoms. The van der Waals surface area contributed by atoms with Gasteiger partial charge in [-0.3, -0.25) is 4.79 Å². The summed E-state index contributed by atoms with van der Waals surface area (Å²) in [5.74, 6) is 1.32. The number of hydrogen-bond acceptors (Lipinski definition) is 4. The Morgan fingerprint density at radius 2 is 1.85 bits per heavy atom. The molecule has 2 atom stereocenters. The number of aryl methyl sites for hydroxylation is 1. The van der Waals surface area contributed by atoms with E-state index in [1.165, 1.54) is 11.1 Å². The summed E-state index contributed by atoms with van der Waals surface area (Å²) < 4.78 is 5.42. The Morgan fingerprint density at radius 1 is 1.04 bits per heavy atom. The van der Waals surface area contributed by atoms with Crippen LogP contribution in [0, 0.1) is 0 Å². The fraction of sp³-hybridized carbons (Fsp3) is 0.286. The first-order chi connectivity index (χ1) is 12.8. The van der Waals surface area contributed by atoms with Gasteiger partial charge in [-0.1, -0.05) is 47.6 Å². The first-order valence-electron chi connectivity index (χ1n) is 9.06. The van der Waals surface area contributed by atoms with Crippen LogP contribution in [0.15, 0.2) is 59.1 Å². The highest BCUT2D eigenvalue weighted by atomic mass is 16.5. The molecule has 2 aliphatic rings. The zero-order chi connectivity index (χ0) is 17.5. The van der Waals surface area contributed by atoms with Gasteiger partial charge >= 0.3 is 0 Å². The molecule has 130 valence electrons. The second-order valence-corrected chi connectivity index (χ2v) is 7.02. The third kappa shape index (κ3) is 2.51. The van der Waals surface area contributed by atoms with E-state index in [1.807, 2.05) is 35.2 Å². The van der Waals surface area contributed by atoms with Crippen LogP contribution >= 0.6 is 0 Å². The van der Waals surface area contributed by atoms with Gasteiger partial charge in [0.1, 0.15) is 0 Å². The zero-order valence-electron chi connectivity index (χ0n) is 14.3. The van der Waals surface area contributed by atoms with E-state index in [9.17, 15) is 4.79 Å². The molecule has 26 heavy (non-hydrogen) atoms. The lowest BCUT2D eigenvalue weighted by Crippen LogP contribution is -2.28. The molecule has 0 unspecified atom stereocenters. The van der Waals surface area contributed by atoms with Crippen molar-refractivity contribution in [2.24, 2.45) is 0 Å². The van der Waals surface area contributed by atoms with Crippen LogP contribution in [0.1, 0.15) is 41.8 Å². The number of rotatable bonds is 3. The number of hydrogen-bond donors (Lipinski definition) is 0. The molecule has 1 aliphatic heterocycles. The molecule has 1 amide bonds. The number of carbonyl (C=O) groups is 1. The van der Waals surface area contributed by atoms with E-state index in [0.717, 1.165) is 18.4 Å². The van der Waals surface area contributed by atoms with Crippen LogP contribution in [-0.4, -0.2) is 27.5 Å². The summed E-state index contributed by atoms with van der Waals surface area (Å²) in [4.78, 5) is 19.2. The van der Waals surface area contributed by atoms with Crippen LogP contribution in [0.25, 0.3) is 11.5 Å². The molecule has 2 heterocycles. The second-order valence-electron chi connectivity index (χ2n) is 7.02. The number of aromatic nitrogens is 2. The highest BCUT2D eigenvalue weighted by Crippen LogP contribution is 2.40. The van der Waals surface area contributed by atoms with E-state index in [4.69, 9.17) is 4.52 Å². The highest BCUT2D eigenvalue weighted by molar-refractivity contribution is 5.80. The summed E-state index contributed by atoms with van der Waals surface area (Å²) in [5, 5.41) is 4.15. The Kier molecular flexibility index (Phi) is 3.59. The van der Waals surface area contributed by atoms with Gasteiger partial charge in [0.05, 0.1) is 6.04 Å². The number of fused-ring (bicyclic) bond motifs is 1. The predicted octanol–water partition coefficient (Wildman–Crippen LogP) is 3.74. The van der Waals surface area contributed by atoms with Gasteiger partial charge in [0.15, 0.2) is 5.82 Å². The van der Waals surface area contributed by atoms with Crippen molar-refractivity contribution in [1.82, 2.24) is 15.0 Å². The molecular formula is C21H19N3O2. The van der Waals surface area contributed by atoms with E-state index in [0.29, 0.717) is 24.7 Å². The third-order valence-electron chi connectivity index (χ3n) is 5.46. The van der Waals surface area contributed by atoms with Crippen LogP contribution in [-0.2, 0) is 11.2 Å². The van der Waals surface area contributed by atoms with Gasteiger partial charge in [-0.25, -0.2) is 0 Å². The lowest BCUT2D eigenvalue weighted by atomic mass is 10.1. The minimum atomic E-state index is -0.00326. The molecule has 1 aliphatic carbocycles. The maximum absolute atomic E-state index is 12.7. The standard InChI is InChI=1S/C21H19N3O2/c25-19-12-16(20-22-21(26-23-20)15-7-2-1-3-8-15)13-24(19)18-11-10-14-6-4-5-9-17(14)18/h1-9,16,18H,10-13H2/t16-,18+/m0/s1. The maximum atomic E-state index is 12.7. The Labute approximate surface area is 151 Å². The highest BCUT2D eigenvalue weighted by Gasteiger charge is 2.39. The van der Waals surface area contributed by atoms with Gasteiger partial charge in [-0.2, -0.15) is 4.98 Å². The van der Waals surface area contributed by atoms with Gasteiger partial charge in [0, 0.05) is 24.4 Å². The molecule has 1 fully saturated rings. The molecule has 1 saturated heterocycles. The van der Waals surface area contributed by atoms with Crippen molar-refractivity contribution in [3.05, 3.63) is 71.5 Å². The van der Waals surface area contributed by atoms with Gasteiger partial charge in [0.25, 0.3) is 5.89 Å². The second kappa shape index (κ2) is 6.09. The number of amides is 1. The molecule has 0 radical (unpaired) electrons. The van der Waals surface area contributed by atoms with Crippen molar-refractivity contribution in [3.63, 3.8) is 0 Å². The monoisotopic (exact) mass is 345 g/mol. The van der Waals surface area contributed by atoms with Crippen LogP contribution < -0.4 is 0 Å².